The van der Waals surface area contributed by atoms with Gasteiger partial charge in [0.1, 0.15) is 5.58 Å². The number of anilines is 1. The third kappa shape index (κ3) is 3.02. The summed E-state index contributed by atoms with van der Waals surface area (Å²) < 4.78 is 7.00. The Bertz CT molecular complexity index is 1560. The molecule has 3 aromatic carbocycles. The Kier molecular flexibility index (Phi) is 4.45. The number of hydrogen-bond acceptors (Lipinski definition) is 5. The van der Waals surface area contributed by atoms with Crippen LogP contribution in [0.3, 0.4) is 0 Å². The lowest BCUT2D eigenvalue weighted by atomic mass is 9.95. The monoisotopic (exact) mass is 452 g/mol. The summed E-state index contributed by atoms with van der Waals surface area (Å²) in [6, 6.07) is 22.3. The van der Waals surface area contributed by atoms with E-state index in [9.17, 15) is 9.59 Å². The highest BCUT2D eigenvalue weighted by molar-refractivity contribution is 7.22. The Morgan fingerprint density at radius 3 is 2.42 bits per heavy atom. The molecule has 0 saturated carbocycles. The molecule has 3 heterocycles. The lowest BCUT2D eigenvalue weighted by molar-refractivity contribution is 0.0971. The first-order chi connectivity index (χ1) is 16.0. The SMILES string of the molecule is CC(C)c1ccc([C@@H]2c3c(oc4ccccc4c3=O)C(=O)N2c2nc3ccccc3s2)cc1. The zero-order valence-electron chi connectivity index (χ0n) is 18.1. The first kappa shape index (κ1) is 19.9. The molecule has 1 amide bonds. The second-order valence-corrected chi connectivity index (χ2v) is 9.54. The summed E-state index contributed by atoms with van der Waals surface area (Å²) in [4.78, 5) is 33.7. The fourth-order valence-corrected chi connectivity index (χ4v) is 5.45. The molecule has 162 valence electrons. The van der Waals surface area contributed by atoms with Crippen molar-refractivity contribution >= 4 is 43.6 Å². The number of fused-ring (bicyclic) bond motifs is 3. The summed E-state index contributed by atoms with van der Waals surface area (Å²) in [5.41, 5.74) is 3.47. The number of rotatable bonds is 3. The van der Waals surface area contributed by atoms with E-state index in [0.717, 1.165) is 15.8 Å². The van der Waals surface area contributed by atoms with E-state index in [-0.39, 0.29) is 17.1 Å². The van der Waals surface area contributed by atoms with Crippen LogP contribution in [0.2, 0.25) is 0 Å². The molecule has 2 aromatic heterocycles. The van der Waals surface area contributed by atoms with Crippen molar-refractivity contribution in [3.05, 3.63) is 105 Å². The van der Waals surface area contributed by atoms with E-state index < -0.39 is 6.04 Å². The molecular formula is C27H20N2O3S. The predicted molar refractivity (Wildman–Crippen MR) is 131 cm³/mol. The van der Waals surface area contributed by atoms with Crippen LogP contribution in [0, 0.1) is 0 Å². The molecule has 0 bridgehead atoms. The molecule has 0 saturated heterocycles. The molecule has 6 heteroatoms. The Labute approximate surface area is 193 Å². The number of hydrogen-bond donors (Lipinski definition) is 0. The summed E-state index contributed by atoms with van der Waals surface area (Å²) in [6.07, 6.45) is 0. The Morgan fingerprint density at radius 1 is 0.939 bits per heavy atom. The second-order valence-electron chi connectivity index (χ2n) is 8.53. The van der Waals surface area contributed by atoms with Crippen molar-refractivity contribution in [1.82, 2.24) is 4.98 Å². The third-order valence-electron chi connectivity index (χ3n) is 6.19. The number of thiazole rings is 1. The smallest absolute Gasteiger partial charge is 0.297 e. The van der Waals surface area contributed by atoms with Gasteiger partial charge in [0.05, 0.1) is 27.2 Å². The van der Waals surface area contributed by atoms with E-state index in [1.165, 1.54) is 16.9 Å². The zero-order valence-corrected chi connectivity index (χ0v) is 18.9. The van der Waals surface area contributed by atoms with Gasteiger partial charge in [0, 0.05) is 0 Å². The van der Waals surface area contributed by atoms with E-state index in [0.29, 0.717) is 27.6 Å². The maximum Gasteiger partial charge on any atom is 0.297 e. The highest BCUT2D eigenvalue weighted by atomic mass is 32.1. The summed E-state index contributed by atoms with van der Waals surface area (Å²) in [6.45, 7) is 4.27. The lowest BCUT2D eigenvalue weighted by Gasteiger charge is -2.23. The van der Waals surface area contributed by atoms with E-state index in [1.807, 2.05) is 36.4 Å². The first-order valence-electron chi connectivity index (χ1n) is 10.9. The summed E-state index contributed by atoms with van der Waals surface area (Å²) >= 11 is 1.44. The predicted octanol–water partition coefficient (Wildman–Crippen LogP) is 6.28. The largest absolute Gasteiger partial charge is 0.450 e. The number of nitrogens with zero attached hydrogens (tertiary/aromatic N) is 2. The quantitative estimate of drug-likeness (QED) is 0.323. The molecule has 6 rings (SSSR count). The van der Waals surface area contributed by atoms with Gasteiger partial charge >= 0.3 is 0 Å². The van der Waals surface area contributed by atoms with Gasteiger partial charge in [0.15, 0.2) is 10.6 Å². The summed E-state index contributed by atoms with van der Waals surface area (Å²) in [7, 11) is 0. The van der Waals surface area contributed by atoms with E-state index in [1.54, 1.807) is 29.2 Å². The fourth-order valence-electron chi connectivity index (χ4n) is 4.46. The minimum absolute atomic E-state index is 0.0934. The van der Waals surface area contributed by atoms with Crippen LogP contribution in [0.25, 0.3) is 21.2 Å². The van der Waals surface area contributed by atoms with E-state index in [4.69, 9.17) is 9.40 Å². The van der Waals surface area contributed by atoms with Crippen LogP contribution in [0.15, 0.2) is 82.0 Å². The van der Waals surface area contributed by atoms with Gasteiger partial charge in [0.25, 0.3) is 5.91 Å². The number of amides is 1. The van der Waals surface area contributed by atoms with Crippen molar-refractivity contribution in [2.45, 2.75) is 25.8 Å². The molecule has 1 aliphatic rings. The van der Waals surface area contributed by atoms with Gasteiger partial charge in [-0.25, -0.2) is 4.98 Å². The van der Waals surface area contributed by atoms with Crippen LogP contribution in [0.1, 0.15) is 53.1 Å². The number of para-hydroxylation sites is 2. The summed E-state index contributed by atoms with van der Waals surface area (Å²) in [5, 5.41) is 1.02. The van der Waals surface area contributed by atoms with Crippen LogP contribution in [-0.2, 0) is 0 Å². The second kappa shape index (κ2) is 7.39. The number of benzene rings is 3. The Hall–Kier alpha value is -3.77. The van der Waals surface area contributed by atoms with Crippen LogP contribution in [0.5, 0.6) is 0 Å². The molecular weight excluding hydrogens is 432 g/mol. The van der Waals surface area contributed by atoms with Crippen LogP contribution >= 0.6 is 11.3 Å². The lowest BCUT2D eigenvalue weighted by Crippen LogP contribution is -2.29. The summed E-state index contributed by atoms with van der Waals surface area (Å²) in [5.74, 6) is 0.131. The average Bonchev–Trinajstić information content (AvgIpc) is 3.38. The molecule has 0 unspecified atom stereocenters. The number of carbonyl (C=O) groups is 1. The molecule has 5 nitrogen and oxygen atoms in total. The topological polar surface area (TPSA) is 63.4 Å². The van der Waals surface area contributed by atoms with Crippen molar-refractivity contribution in [2.24, 2.45) is 0 Å². The van der Waals surface area contributed by atoms with Crippen LogP contribution in [-0.4, -0.2) is 10.9 Å². The minimum atomic E-state index is -0.602. The van der Waals surface area contributed by atoms with Crippen molar-refractivity contribution in [1.29, 1.82) is 0 Å². The van der Waals surface area contributed by atoms with E-state index >= 15 is 0 Å². The minimum Gasteiger partial charge on any atom is -0.450 e. The van der Waals surface area contributed by atoms with Crippen LogP contribution < -0.4 is 10.3 Å². The fraction of sp³-hybridized carbons (Fsp3) is 0.148. The van der Waals surface area contributed by atoms with Gasteiger partial charge in [-0.2, -0.15) is 0 Å². The van der Waals surface area contributed by atoms with Gasteiger partial charge in [0.2, 0.25) is 5.76 Å². The van der Waals surface area contributed by atoms with Crippen molar-refractivity contribution in [3.8, 4) is 0 Å². The molecule has 0 N–H and O–H groups in total. The standard InChI is InChI=1S/C27H20N2O3S/c1-15(2)16-11-13-17(14-12-16)23-22-24(30)18-7-3-5-9-20(18)32-25(22)26(31)29(23)27-28-19-8-4-6-10-21(19)33-27/h3-15,23H,1-2H3/t23-/m1/s1. The maximum absolute atomic E-state index is 13.7. The Balaban J connectivity index is 1.61. The molecule has 33 heavy (non-hydrogen) atoms. The molecule has 1 atom stereocenters. The molecule has 5 aromatic rings. The first-order valence-corrected chi connectivity index (χ1v) is 11.7. The maximum atomic E-state index is 13.7. The van der Waals surface area contributed by atoms with Gasteiger partial charge in [-0.15, -0.1) is 0 Å². The van der Waals surface area contributed by atoms with Crippen molar-refractivity contribution < 1.29 is 9.21 Å². The highest BCUT2D eigenvalue weighted by Crippen LogP contribution is 2.43. The van der Waals surface area contributed by atoms with Crippen LogP contribution in [0.4, 0.5) is 5.13 Å². The van der Waals surface area contributed by atoms with Crippen molar-refractivity contribution in [2.75, 3.05) is 4.90 Å². The Morgan fingerprint density at radius 2 is 1.67 bits per heavy atom. The van der Waals surface area contributed by atoms with E-state index in [2.05, 4.69) is 26.0 Å². The van der Waals surface area contributed by atoms with Gasteiger partial charge in [-0.05, 0) is 41.3 Å². The highest BCUT2D eigenvalue weighted by Gasteiger charge is 2.45. The molecule has 0 radical (unpaired) electrons. The molecule has 0 spiro atoms. The van der Waals surface area contributed by atoms with Gasteiger partial charge < -0.3 is 4.42 Å². The normalized spacial score (nSPS) is 15.7. The number of carbonyl (C=O) groups excluding carboxylic acids is 1. The third-order valence-corrected chi connectivity index (χ3v) is 7.22. The zero-order chi connectivity index (χ0) is 22.7. The van der Waals surface area contributed by atoms with Gasteiger partial charge in [-0.3, -0.25) is 14.5 Å². The van der Waals surface area contributed by atoms with Gasteiger partial charge in [-0.1, -0.05) is 73.7 Å². The molecule has 1 aliphatic heterocycles. The van der Waals surface area contributed by atoms with Crippen molar-refractivity contribution in [3.63, 3.8) is 0 Å². The molecule has 0 aliphatic carbocycles. The number of aromatic nitrogens is 1. The average molecular weight is 453 g/mol. The molecule has 0 fully saturated rings.